The molecule has 2 aromatic carbocycles. The number of nitrogens with two attached hydrogens (primary N) is 1. The summed E-state index contributed by atoms with van der Waals surface area (Å²) in [6, 6.07) is 1.78. The number of nitro groups is 1. The largest absolute Gasteiger partial charge is 0.423 e. The Labute approximate surface area is 273 Å². The van der Waals surface area contributed by atoms with Crippen LogP contribution in [0.3, 0.4) is 0 Å². The summed E-state index contributed by atoms with van der Waals surface area (Å²) in [5, 5.41) is 9.77. The van der Waals surface area contributed by atoms with Crippen LogP contribution < -0.4 is 37.9 Å². The van der Waals surface area contributed by atoms with Gasteiger partial charge in [0.25, 0.3) is 16.8 Å². The van der Waals surface area contributed by atoms with Crippen molar-refractivity contribution in [3.8, 4) is 0 Å². The summed E-state index contributed by atoms with van der Waals surface area (Å²) in [5.74, 6) is 0. The second-order valence-electron chi connectivity index (χ2n) is 9.60. The number of H-pyrrole nitrogens is 2. The fraction of sp³-hybridized carbons (Fsp3) is 0.304. The highest BCUT2D eigenvalue weighted by atomic mass is 32.2. The van der Waals surface area contributed by atoms with Crippen molar-refractivity contribution < 1.29 is 52.8 Å². The van der Waals surface area contributed by atoms with Crippen LogP contribution in [0.1, 0.15) is 18.1 Å². The van der Waals surface area contributed by atoms with Crippen LogP contribution in [0, 0.1) is 10.1 Å². The monoisotopic (exact) mass is 766 g/mol. The van der Waals surface area contributed by atoms with Gasteiger partial charge in [0.15, 0.2) is 0 Å². The second-order valence-corrected chi connectivity index (χ2v) is 13.1. The van der Waals surface area contributed by atoms with Gasteiger partial charge < -0.3 is 20.4 Å². The van der Waals surface area contributed by atoms with Crippen LogP contribution in [-0.4, -0.2) is 67.3 Å². The number of halogens is 6. The van der Waals surface area contributed by atoms with Crippen molar-refractivity contribution in [2.75, 3.05) is 41.6 Å². The molecule has 27 heteroatoms. The lowest BCUT2D eigenvalue weighted by Crippen LogP contribution is -2.43. The molecule has 0 aliphatic carbocycles. The lowest BCUT2D eigenvalue weighted by atomic mass is 10.1. The average Bonchev–Trinajstić information content (AvgIpc) is 2.95. The summed E-state index contributed by atoms with van der Waals surface area (Å²) in [4.78, 5) is 63.9. The molecule has 276 valence electrons. The summed E-state index contributed by atoms with van der Waals surface area (Å²) < 4.78 is 126. The SMILES string of the molecule is CCOC.CS(=O)(=O)Nn1c(=O)[nH]c2cc(C(F)(F)F)c(N)cc2c1=O.CS(=O)(=O)Nn1c(=O)[nH]c2cc(C(F)(F)F)c([N+](=O)[O-])cc2c1=O. The van der Waals surface area contributed by atoms with Gasteiger partial charge >= 0.3 is 23.7 Å². The van der Waals surface area contributed by atoms with Crippen molar-refractivity contribution in [1.82, 2.24) is 19.3 Å². The molecule has 50 heavy (non-hydrogen) atoms. The van der Waals surface area contributed by atoms with Crippen LogP contribution in [-0.2, 0) is 37.1 Å². The average molecular weight is 767 g/mol. The van der Waals surface area contributed by atoms with E-state index in [2.05, 4.69) is 4.74 Å². The highest BCUT2D eigenvalue weighted by molar-refractivity contribution is 7.91. The van der Waals surface area contributed by atoms with Crippen LogP contribution in [0.5, 0.6) is 0 Å². The zero-order valence-corrected chi connectivity index (χ0v) is 27.1. The number of methoxy groups -OCH3 is 1. The third-order valence-electron chi connectivity index (χ3n) is 5.69. The molecule has 19 nitrogen and oxygen atoms in total. The number of nitrogen functional groups attached to an aromatic ring is 1. The molecule has 0 aliphatic rings. The first-order chi connectivity index (χ1) is 22.6. The van der Waals surface area contributed by atoms with E-state index in [4.69, 9.17) is 5.73 Å². The predicted molar refractivity (Wildman–Crippen MR) is 165 cm³/mol. The highest BCUT2D eigenvalue weighted by Crippen LogP contribution is 2.37. The number of anilines is 1. The van der Waals surface area contributed by atoms with E-state index in [0.29, 0.717) is 24.6 Å². The van der Waals surface area contributed by atoms with E-state index in [-0.39, 0.29) is 20.8 Å². The number of nitrogens with zero attached hydrogens (tertiary/aromatic N) is 3. The Hall–Kier alpha value is -5.44. The molecule has 0 saturated carbocycles. The first kappa shape index (κ1) is 40.7. The minimum atomic E-state index is -5.10. The van der Waals surface area contributed by atoms with Gasteiger partial charge in [-0.15, -0.1) is 0 Å². The molecule has 6 N–H and O–H groups in total. The van der Waals surface area contributed by atoms with E-state index in [1.165, 1.54) is 0 Å². The molecule has 4 rings (SSSR count). The molecule has 0 bridgehead atoms. The van der Waals surface area contributed by atoms with Crippen molar-refractivity contribution in [1.29, 1.82) is 0 Å². The van der Waals surface area contributed by atoms with E-state index in [1.807, 2.05) is 16.9 Å². The zero-order valence-electron chi connectivity index (χ0n) is 25.5. The molecule has 0 saturated heterocycles. The Bertz CT molecular complexity index is 2420. The van der Waals surface area contributed by atoms with Gasteiger partial charge in [-0.25, -0.2) is 36.1 Å². The highest BCUT2D eigenvalue weighted by Gasteiger charge is 2.39. The number of nitro benzene ring substituents is 1. The van der Waals surface area contributed by atoms with Gasteiger partial charge in [0.1, 0.15) is 5.56 Å². The lowest BCUT2D eigenvalue weighted by molar-refractivity contribution is -0.387. The summed E-state index contributed by atoms with van der Waals surface area (Å²) in [7, 11) is -6.34. The van der Waals surface area contributed by atoms with Crippen LogP contribution in [0.15, 0.2) is 43.4 Å². The lowest BCUT2D eigenvalue weighted by Gasteiger charge is -2.12. The Morgan fingerprint density at radius 1 is 0.800 bits per heavy atom. The number of aromatic amines is 2. The Balaban J connectivity index is 0.000000314. The summed E-state index contributed by atoms with van der Waals surface area (Å²) in [5.41, 5.74) is -5.92. The van der Waals surface area contributed by atoms with Gasteiger partial charge in [0, 0.05) is 25.5 Å². The molecule has 0 fully saturated rings. The maximum absolute atomic E-state index is 12.9. The first-order valence-electron chi connectivity index (χ1n) is 12.8. The fourth-order valence-corrected chi connectivity index (χ4v) is 4.65. The van der Waals surface area contributed by atoms with E-state index >= 15 is 0 Å². The normalized spacial score (nSPS) is 12.0. The van der Waals surface area contributed by atoms with E-state index in [0.717, 1.165) is 12.7 Å². The molecule has 0 unspecified atom stereocenters. The molecule has 2 heterocycles. The Morgan fingerprint density at radius 2 is 1.16 bits per heavy atom. The molecule has 0 atom stereocenters. The number of hydrogen-bond acceptors (Lipinski definition) is 12. The van der Waals surface area contributed by atoms with Gasteiger partial charge in [0.05, 0.1) is 44.8 Å². The van der Waals surface area contributed by atoms with E-state index in [1.54, 1.807) is 16.8 Å². The summed E-state index contributed by atoms with van der Waals surface area (Å²) in [6.07, 6.45) is -8.55. The number of hydrogen-bond donors (Lipinski definition) is 5. The maximum atomic E-state index is 12.9. The van der Waals surface area contributed by atoms with Gasteiger partial charge in [-0.3, -0.25) is 19.7 Å². The van der Waals surface area contributed by atoms with Crippen molar-refractivity contribution in [2.45, 2.75) is 19.3 Å². The Kier molecular flexibility index (Phi) is 11.9. The van der Waals surface area contributed by atoms with Gasteiger partial charge in [0.2, 0.25) is 20.0 Å². The molecule has 2 aromatic heterocycles. The van der Waals surface area contributed by atoms with Crippen molar-refractivity contribution in [3.63, 3.8) is 0 Å². The number of ether oxygens (including phenoxy) is 1. The molecule has 4 aromatic rings. The first-order valence-corrected chi connectivity index (χ1v) is 16.6. The maximum Gasteiger partial charge on any atom is 0.423 e. The minimum absolute atomic E-state index is 0.0192. The van der Waals surface area contributed by atoms with Gasteiger partial charge in [-0.1, -0.05) is 0 Å². The zero-order chi connectivity index (χ0) is 38.7. The van der Waals surface area contributed by atoms with E-state index < -0.39 is 98.7 Å². The number of sulfonamides is 2. The standard InChI is InChI=1S/C10H7F3N4O6S.C10H9F3N4O4S.C3H8O/c1-24(22,23)15-16-8(18)4-2-7(17(20)21)5(10(11,12)13)3-6(4)14-9(16)19;1-22(20,21)16-17-8(18)4-2-6(14)5(10(11,12)13)3-7(4)15-9(17)19;1-3-4-2/h2-3,15H,1H3,(H,14,19);2-3,16H,14H2,1H3,(H,15,19);3H2,1-2H3. The van der Waals surface area contributed by atoms with Crippen molar-refractivity contribution >= 4 is 53.2 Å². The number of rotatable bonds is 6. The van der Waals surface area contributed by atoms with Gasteiger partial charge in [-0.2, -0.15) is 35.7 Å². The smallest absolute Gasteiger partial charge is 0.398 e. The quantitative estimate of drug-likeness (QED) is 0.0780. The molecular formula is C23H24F6N8O11S2. The molecule has 0 amide bonds. The number of nitrogens with one attached hydrogen (secondary N) is 4. The number of fused-ring (bicyclic) bond motifs is 2. The van der Waals surface area contributed by atoms with Crippen LogP contribution in [0.4, 0.5) is 37.7 Å². The summed E-state index contributed by atoms with van der Waals surface area (Å²) >= 11 is 0. The van der Waals surface area contributed by atoms with Crippen LogP contribution in [0.2, 0.25) is 0 Å². The molecule has 0 radical (unpaired) electrons. The van der Waals surface area contributed by atoms with Crippen molar-refractivity contribution in [3.05, 3.63) is 87.2 Å². The number of aromatic nitrogens is 4. The Morgan fingerprint density at radius 3 is 1.48 bits per heavy atom. The third-order valence-corrected chi connectivity index (χ3v) is 6.72. The number of benzene rings is 2. The van der Waals surface area contributed by atoms with Crippen LogP contribution in [0.25, 0.3) is 21.8 Å². The summed E-state index contributed by atoms with van der Waals surface area (Å²) in [6.45, 7) is 2.78. The predicted octanol–water partition coefficient (Wildman–Crippen LogP) is 0.567. The van der Waals surface area contributed by atoms with Crippen molar-refractivity contribution in [2.24, 2.45) is 0 Å². The van der Waals surface area contributed by atoms with E-state index in [9.17, 15) is 72.5 Å². The van der Waals surface area contributed by atoms with Crippen LogP contribution >= 0.6 is 0 Å². The topological polar surface area (TPSA) is 280 Å². The second kappa shape index (κ2) is 14.6. The van der Waals surface area contributed by atoms with Gasteiger partial charge in [-0.05, 0) is 25.1 Å². The fourth-order valence-electron chi connectivity index (χ4n) is 3.65. The number of alkyl halides is 6. The minimum Gasteiger partial charge on any atom is -0.398 e. The molecule has 0 aliphatic heterocycles. The molecule has 0 spiro atoms. The molecular weight excluding hydrogens is 742 g/mol. The third kappa shape index (κ3) is 10.0.